The Hall–Kier alpha value is -2.58. The van der Waals surface area contributed by atoms with Crippen LogP contribution in [0.5, 0.6) is 11.5 Å². The van der Waals surface area contributed by atoms with Gasteiger partial charge in [0.2, 0.25) is 0 Å². The summed E-state index contributed by atoms with van der Waals surface area (Å²) in [6.07, 6.45) is 6.06. The highest BCUT2D eigenvalue weighted by Gasteiger charge is 2.19. The van der Waals surface area contributed by atoms with Gasteiger partial charge in [0.1, 0.15) is 11.5 Å². The van der Waals surface area contributed by atoms with E-state index in [1.807, 2.05) is 23.0 Å². The summed E-state index contributed by atoms with van der Waals surface area (Å²) in [6.45, 7) is 10.8. The first-order valence-corrected chi connectivity index (χ1v) is 13.6. The zero-order valence-corrected chi connectivity index (χ0v) is 22.7. The summed E-state index contributed by atoms with van der Waals surface area (Å²) < 4.78 is 14.1. The van der Waals surface area contributed by atoms with Gasteiger partial charge >= 0.3 is 0 Å². The fourth-order valence-electron chi connectivity index (χ4n) is 4.77. The highest BCUT2D eigenvalue weighted by atomic mass is 35.5. The largest absolute Gasteiger partial charge is 0.493 e. The summed E-state index contributed by atoms with van der Waals surface area (Å²) in [5, 5.41) is 18.0. The number of likely N-dealkylation sites (tertiary alicyclic amines) is 1. The number of hydrogen-bond acceptors (Lipinski definition) is 6. The van der Waals surface area contributed by atoms with Crippen molar-refractivity contribution in [2.24, 2.45) is 0 Å². The number of β-amino-alcohol motifs (C(OH)–C–C–N with tert-alkyl or cyclic N) is 1. The number of aromatic nitrogens is 2. The predicted molar refractivity (Wildman–Crippen MR) is 149 cm³/mol. The van der Waals surface area contributed by atoms with Gasteiger partial charge in [-0.15, -0.1) is 0 Å². The molecule has 0 bridgehead atoms. The lowest BCUT2D eigenvalue weighted by Gasteiger charge is -2.18. The van der Waals surface area contributed by atoms with E-state index in [4.69, 9.17) is 21.1 Å². The second-order valence-corrected chi connectivity index (χ2v) is 10.1. The molecule has 3 aromatic rings. The van der Waals surface area contributed by atoms with Crippen molar-refractivity contribution in [2.75, 3.05) is 45.9 Å². The summed E-state index contributed by atoms with van der Waals surface area (Å²) in [5.74, 6) is 1.84. The van der Waals surface area contributed by atoms with E-state index in [1.165, 1.54) is 11.1 Å². The van der Waals surface area contributed by atoms with Crippen LogP contribution in [0.25, 0.3) is 11.1 Å². The van der Waals surface area contributed by atoms with Crippen molar-refractivity contribution in [2.45, 2.75) is 45.8 Å². The van der Waals surface area contributed by atoms with E-state index in [0.717, 1.165) is 81.2 Å². The van der Waals surface area contributed by atoms with Crippen LogP contribution in [0.15, 0.2) is 48.8 Å². The summed E-state index contributed by atoms with van der Waals surface area (Å²) in [6, 6.07) is 12.5. The summed E-state index contributed by atoms with van der Waals surface area (Å²) in [4.78, 5) is 2.31. The Morgan fingerprint density at radius 1 is 0.973 bits per heavy atom. The van der Waals surface area contributed by atoms with Gasteiger partial charge in [-0.05, 0) is 74.0 Å². The van der Waals surface area contributed by atoms with Gasteiger partial charge < -0.3 is 24.8 Å². The summed E-state index contributed by atoms with van der Waals surface area (Å²) in [7, 11) is 0. The highest BCUT2D eigenvalue weighted by molar-refractivity contribution is 6.30. The Morgan fingerprint density at radius 2 is 1.65 bits per heavy atom. The molecule has 1 aromatic heterocycles. The molecule has 200 valence electrons. The number of halogens is 1. The number of aliphatic hydroxyl groups is 1. The molecule has 0 radical (unpaired) electrons. The van der Waals surface area contributed by atoms with Gasteiger partial charge in [-0.3, -0.25) is 4.68 Å². The molecule has 2 N–H and O–H groups in total. The van der Waals surface area contributed by atoms with Crippen molar-refractivity contribution in [1.29, 1.82) is 0 Å². The van der Waals surface area contributed by atoms with Gasteiger partial charge in [0.05, 0.1) is 37.1 Å². The minimum atomic E-state index is -0.168. The van der Waals surface area contributed by atoms with Crippen LogP contribution in [-0.2, 0) is 6.54 Å². The average molecular weight is 527 g/mol. The molecule has 1 atom stereocenters. The van der Waals surface area contributed by atoms with Crippen molar-refractivity contribution < 1.29 is 14.6 Å². The van der Waals surface area contributed by atoms with Crippen molar-refractivity contribution in [3.05, 3.63) is 64.9 Å². The molecular formula is C29H39ClN4O3. The van der Waals surface area contributed by atoms with Crippen molar-refractivity contribution >= 4 is 11.6 Å². The Kier molecular flexibility index (Phi) is 10.3. The van der Waals surface area contributed by atoms with E-state index >= 15 is 0 Å². The zero-order valence-electron chi connectivity index (χ0n) is 22.0. The fraction of sp³-hybridized carbons (Fsp3) is 0.483. The lowest BCUT2D eigenvalue weighted by Crippen LogP contribution is -2.24. The molecule has 2 heterocycles. The van der Waals surface area contributed by atoms with E-state index < -0.39 is 0 Å². The van der Waals surface area contributed by atoms with Crippen LogP contribution >= 0.6 is 11.6 Å². The Morgan fingerprint density at radius 3 is 2.24 bits per heavy atom. The molecular weight excluding hydrogens is 488 g/mol. The van der Waals surface area contributed by atoms with Gasteiger partial charge in [0.15, 0.2) is 0 Å². The standard InChI is InChI=1S/C29H39ClN4O3/c1-22-26(7-3-9-28(22)36-17-5-12-31-13-16-34-20-24(30)19-32-34)27-8-4-10-29(23(27)2)37-18-6-14-33-15-11-25(35)21-33/h3-4,7-10,19-20,25,31,35H,5-6,11-18,21H2,1-2H3. The Labute approximate surface area is 225 Å². The number of ether oxygens (including phenoxy) is 2. The second-order valence-electron chi connectivity index (χ2n) is 9.68. The van der Waals surface area contributed by atoms with Gasteiger partial charge in [-0.25, -0.2) is 0 Å². The second kappa shape index (κ2) is 13.8. The van der Waals surface area contributed by atoms with E-state index in [1.54, 1.807) is 6.20 Å². The molecule has 1 aliphatic heterocycles. The van der Waals surface area contributed by atoms with Crippen LogP contribution in [0.4, 0.5) is 0 Å². The Bertz CT molecular complexity index is 1140. The number of aliphatic hydroxyl groups excluding tert-OH is 1. The predicted octanol–water partition coefficient (Wildman–Crippen LogP) is 4.71. The maximum atomic E-state index is 9.69. The van der Waals surface area contributed by atoms with Gasteiger partial charge in [0, 0.05) is 32.4 Å². The lowest BCUT2D eigenvalue weighted by atomic mass is 9.95. The molecule has 1 aliphatic rings. The fourth-order valence-corrected chi connectivity index (χ4v) is 4.93. The van der Waals surface area contributed by atoms with Crippen LogP contribution in [-0.4, -0.2) is 71.8 Å². The molecule has 7 nitrogen and oxygen atoms in total. The van der Waals surface area contributed by atoms with Gasteiger partial charge in [-0.2, -0.15) is 5.10 Å². The number of hydrogen-bond donors (Lipinski definition) is 2. The third-order valence-corrected chi connectivity index (χ3v) is 7.05. The smallest absolute Gasteiger partial charge is 0.122 e. The SMILES string of the molecule is Cc1c(OCCCNCCn2cc(Cl)cn2)cccc1-c1cccc(OCCCN2CCC(O)C2)c1C. The third-order valence-electron chi connectivity index (χ3n) is 6.86. The van der Waals surface area contributed by atoms with Crippen LogP contribution < -0.4 is 14.8 Å². The molecule has 1 saturated heterocycles. The topological polar surface area (TPSA) is 71.8 Å². The van der Waals surface area contributed by atoms with Crippen LogP contribution in [0.1, 0.15) is 30.4 Å². The monoisotopic (exact) mass is 526 g/mol. The van der Waals surface area contributed by atoms with Crippen molar-refractivity contribution in [1.82, 2.24) is 20.0 Å². The minimum Gasteiger partial charge on any atom is -0.493 e. The molecule has 1 fully saturated rings. The molecule has 0 spiro atoms. The number of benzene rings is 2. The van der Waals surface area contributed by atoms with E-state index in [-0.39, 0.29) is 6.10 Å². The minimum absolute atomic E-state index is 0.168. The molecule has 0 amide bonds. The normalized spacial score (nSPS) is 15.8. The van der Waals surface area contributed by atoms with Gasteiger partial charge in [-0.1, -0.05) is 35.9 Å². The van der Waals surface area contributed by atoms with Gasteiger partial charge in [0.25, 0.3) is 0 Å². The Balaban J connectivity index is 1.24. The molecule has 0 saturated carbocycles. The van der Waals surface area contributed by atoms with E-state index in [0.29, 0.717) is 18.2 Å². The number of nitrogens with zero attached hydrogens (tertiary/aromatic N) is 3. The quantitative estimate of drug-likeness (QED) is 0.296. The maximum absolute atomic E-state index is 9.69. The molecule has 1 unspecified atom stereocenters. The first-order chi connectivity index (χ1) is 18.0. The molecule has 2 aromatic carbocycles. The first kappa shape index (κ1) is 27.5. The van der Waals surface area contributed by atoms with Crippen molar-refractivity contribution in [3.8, 4) is 22.6 Å². The average Bonchev–Trinajstić information content (AvgIpc) is 3.50. The highest BCUT2D eigenvalue weighted by Crippen LogP contribution is 2.35. The third kappa shape index (κ3) is 7.95. The van der Waals surface area contributed by atoms with Crippen molar-refractivity contribution in [3.63, 3.8) is 0 Å². The number of rotatable bonds is 14. The van der Waals surface area contributed by atoms with Crippen LogP contribution in [0, 0.1) is 13.8 Å². The number of nitrogens with one attached hydrogen (secondary N) is 1. The summed E-state index contributed by atoms with van der Waals surface area (Å²) >= 11 is 5.89. The lowest BCUT2D eigenvalue weighted by molar-refractivity contribution is 0.173. The molecule has 37 heavy (non-hydrogen) atoms. The summed E-state index contributed by atoms with van der Waals surface area (Å²) in [5.41, 5.74) is 4.62. The molecule has 4 rings (SSSR count). The van der Waals surface area contributed by atoms with E-state index in [9.17, 15) is 5.11 Å². The van der Waals surface area contributed by atoms with Crippen LogP contribution in [0.3, 0.4) is 0 Å². The van der Waals surface area contributed by atoms with Crippen LogP contribution in [0.2, 0.25) is 5.02 Å². The molecule has 8 heteroatoms. The maximum Gasteiger partial charge on any atom is 0.122 e. The molecule has 0 aliphatic carbocycles. The van der Waals surface area contributed by atoms with E-state index in [2.05, 4.69) is 53.4 Å². The first-order valence-electron chi connectivity index (χ1n) is 13.3. The zero-order chi connectivity index (χ0) is 26.0.